The van der Waals surface area contributed by atoms with Gasteiger partial charge in [-0.25, -0.2) is 4.79 Å². The minimum Gasteiger partial charge on any atom is -0.479 e. The average Bonchev–Trinajstić information content (AvgIpc) is 3.33. The number of alkyl halides is 1. The zero-order valence-corrected chi connectivity index (χ0v) is 45.1. The molecule has 4 amide bonds. The first-order chi connectivity index (χ1) is 34.1. The molecule has 3 aromatic carbocycles. The van der Waals surface area contributed by atoms with E-state index < -0.39 is 11.2 Å². The summed E-state index contributed by atoms with van der Waals surface area (Å²) in [7, 11) is 0. The molecule has 13 heteroatoms. The van der Waals surface area contributed by atoms with Gasteiger partial charge in [0.25, 0.3) is 17.7 Å². The number of nitrogens with zero attached hydrogens (tertiary/aromatic N) is 3. The lowest BCUT2D eigenvalue weighted by Crippen LogP contribution is -2.60. The molecule has 9 rings (SSSR count). The first-order valence-electron chi connectivity index (χ1n) is 26.8. The average molecular weight is 1040 g/mol. The SMILES string of the molecule is CCCN1C(=O)C2(CCC2)Oc2cc(C)c(C(=O)N(C(C)C)C3CCCCC3)cc21.Cc1cc2c(cc1C(=O)N(C(C)C)C1CCCCC1)CC(=O)C1(CCC1)O2.O=C(NCCBr)OCc1ccccc1. The maximum absolute atomic E-state index is 13.7. The molecular formula is C58H79BrN4O8. The molecule has 1 N–H and O–H groups in total. The number of hydrogen-bond donors (Lipinski definition) is 1. The smallest absolute Gasteiger partial charge is 0.407 e. The van der Waals surface area contributed by atoms with Gasteiger partial charge in [0.15, 0.2) is 17.0 Å². The molecule has 71 heavy (non-hydrogen) atoms. The summed E-state index contributed by atoms with van der Waals surface area (Å²) in [5.41, 5.74) is 4.69. The van der Waals surface area contributed by atoms with Crippen LogP contribution in [0.5, 0.6) is 11.5 Å². The third kappa shape index (κ3) is 12.3. The molecule has 4 aliphatic carbocycles. The molecule has 0 radical (unpaired) electrons. The maximum Gasteiger partial charge on any atom is 0.407 e. The number of benzene rings is 3. The van der Waals surface area contributed by atoms with Crippen LogP contribution in [0, 0.1) is 13.8 Å². The topological polar surface area (TPSA) is 135 Å². The third-order valence-electron chi connectivity index (χ3n) is 15.4. The Labute approximate surface area is 431 Å². The van der Waals surface area contributed by atoms with Crippen LogP contribution < -0.4 is 19.7 Å². The maximum atomic E-state index is 13.7. The number of nitrogens with one attached hydrogen (secondary N) is 1. The standard InChI is InChI=1S/C25H36N2O3.C23H31NO3.C10H12BrNO2/c1-5-14-26-21-16-20(23(28)27(17(2)3)19-10-7-6-8-11-19)18(4)15-22(21)30-25(24(26)29)12-9-13-25;1-15(2)24(18-8-5-4-6-9-18)22(26)19-13-17-14-21(25)23(10-7-11-23)27-20(17)12-16(19)3;11-6-7-12-10(13)14-8-9-4-2-1-3-5-9/h15-17,19H,5-14H2,1-4H3;12-13,15,18H,4-11,14H2,1-3H3;1-5H,6-8H2,(H,12,13). The number of fused-ring (bicyclic) bond motifs is 2. The van der Waals surface area contributed by atoms with Gasteiger partial charge in [-0.1, -0.05) is 91.7 Å². The van der Waals surface area contributed by atoms with Crippen LogP contribution in [0.2, 0.25) is 0 Å². The van der Waals surface area contributed by atoms with Crippen molar-refractivity contribution in [2.45, 2.75) is 206 Å². The van der Waals surface area contributed by atoms with Crippen molar-refractivity contribution in [3.05, 3.63) is 88.0 Å². The Bertz CT molecular complexity index is 2350. The van der Waals surface area contributed by atoms with Gasteiger partial charge in [0.1, 0.15) is 18.1 Å². The highest BCUT2D eigenvalue weighted by atomic mass is 79.9. The zero-order valence-electron chi connectivity index (χ0n) is 43.5. The van der Waals surface area contributed by atoms with Gasteiger partial charge < -0.3 is 34.2 Å². The number of Topliss-reactive ketones (excluding diaryl/α,β-unsaturated/α-hetero) is 1. The Morgan fingerprint density at radius 2 is 1.25 bits per heavy atom. The van der Waals surface area contributed by atoms with E-state index in [9.17, 15) is 24.0 Å². The van der Waals surface area contributed by atoms with E-state index in [1.54, 1.807) is 0 Å². The largest absolute Gasteiger partial charge is 0.479 e. The van der Waals surface area contributed by atoms with Crippen LogP contribution in [-0.2, 0) is 27.4 Å². The predicted molar refractivity (Wildman–Crippen MR) is 283 cm³/mol. The molecule has 12 nitrogen and oxygen atoms in total. The van der Waals surface area contributed by atoms with Gasteiger partial charge in [-0.3, -0.25) is 19.2 Å². The fourth-order valence-electron chi connectivity index (χ4n) is 11.3. The van der Waals surface area contributed by atoms with Crippen molar-refractivity contribution < 1.29 is 38.2 Å². The number of aryl methyl sites for hydroxylation is 2. The highest BCUT2D eigenvalue weighted by molar-refractivity contribution is 9.09. The first-order valence-corrected chi connectivity index (χ1v) is 27.9. The molecule has 4 fully saturated rings. The lowest BCUT2D eigenvalue weighted by atomic mass is 9.73. The Morgan fingerprint density at radius 1 is 0.732 bits per heavy atom. The normalized spacial score (nSPS) is 18.8. The highest BCUT2D eigenvalue weighted by Crippen LogP contribution is 2.48. The van der Waals surface area contributed by atoms with Gasteiger partial charge >= 0.3 is 6.09 Å². The molecule has 0 atom stereocenters. The van der Waals surface area contributed by atoms with Crippen molar-refractivity contribution in [1.29, 1.82) is 0 Å². The fraction of sp³-hybridized carbons (Fsp3) is 0.603. The Morgan fingerprint density at radius 3 is 1.75 bits per heavy atom. The monoisotopic (exact) mass is 1040 g/mol. The Balaban J connectivity index is 0.000000167. The van der Waals surface area contributed by atoms with Crippen molar-refractivity contribution >= 4 is 51.2 Å². The van der Waals surface area contributed by atoms with Crippen molar-refractivity contribution in [2.75, 3.05) is 23.3 Å². The molecule has 0 unspecified atom stereocenters. The molecule has 386 valence electrons. The molecule has 2 heterocycles. The molecular weight excluding hydrogens is 961 g/mol. The minimum atomic E-state index is -0.674. The fourth-order valence-corrected chi connectivity index (χ4v) is 11.5. The summed E-state index contributed by atoms with van der Waals surface area (Å²) in [6, 6.07) is 18.4. The summed E-state index contributed by atoms with van der Waals surface area (Å²) >= 11 is 3.20. The van der Waals surface area contributed by atoms with E-state index in [0.29, 0.717) is 43.8 Å². The van der Waals surface area contributed by atoms with E-state index in [-0.39, 0.29) is 41.7 Å². The van der Waals surface area contributed by atoms with E-state index in [2.05, 4.69) is 65.7 Å². The van der Waals surface area contributed by atoms with Gasteiger partial charge in [0.05, 0.1) is 5.69 Å². The second kappa shape index (κ2) is 24.2. The summed E-state index contributed by atoms with van der Waals surface area (Å²) in [5.74, 6) is 2.00. The van der Waals surface area contributed by atoms with Crippen LogP contribution in [-0.4, -0.2) is 93.2 Å². The Hall–Kier alpha value is -4.91. The van der Waals surface area contributed by atoms with Crippen molar-refractivity contribution in [1.82, 2.24) is 15.1 Å². The predicted octanol–water partition coefficient (Wildman–Crippen LogP) is 12.1. The number of ether oxygens (including phenoxy) is 3. The first kappa shape index (κ1) is 53.9. The number of rotatable bonds is 12. The second-order valence-corrected chi connectivity index (χ2v) is 22.0. The second-order valence-electron chi connectivity index (χ2n) is 21.2. The molecule has 0 aromatic heterocycles. The lowest BCUT2D eigenvalue weighted by molar-refractivity contribution is -0.143. The van der Waals surface area contributed by atoms with Gasteiger partial charge in [-0.2, -0.15) is 0 Å². The molecule has 2 aliphatic heterocycles. The zero-order chi connectivity index (χ0) is 50.9. The van der Waals surface area contributed by atoms with Gasteiger partial charge in [-0.05, 0) is 153 Å². The lowest BCUT2D eigenvalue weighted by Gasteiger charge is -2.47. The quantitative estimate of drug-likeness (QED) is 0.177. The molecule has 6 aliphatic rings. The molecule has 4 saturated carbocycles. The van der Waals surface area contributed by atoms with E-state index in [1.165, 1.54) is 38.5 Å². The van der Waals surface area contributed by atoms with E-state index >= 15 is 0 Å². The van der Waals surface area contributed by atoms with Crippen LogP contribution in [0.4, 0.5) is 10.5 Å². The molecule has 0 saturated heterocycles. The summed E-state index contributed by atoms with van der Waals surface area (Å²) in [6.07, 6.45) is 17.9. The number of halogens is 1. The van der Waals surface area contributed by atoms with E-state index in [1.807, 2.05) is 73.3 Å². The number of hydrogen-bond acceptors (Lipinski definition) is 8. The summed E-state index contributed by atoms with van der Waals surface area (Å²) in [6.45, 7) is 16.0. The van der Waals surface area contributed by atoms with Crippen LogP contribution in [0.15, 0.2) is 54.6 Å². The van der Waals surface area contributed by atoms with E-state index in [4.69, 9.17) is 14.2 Å². The Kier molecular flexibility index (Phi) is 18.4. The number of carbonyl (C=O) groups excluding carboxylic acids is 5. The van der Waals surface area contributed by atoms with Crippen LogP contribution in [0.25, 0.3) is 0 Å². The summed E-state index contributed by atoms with van der Waals surface area (Å²) < 4.78 is 17.4. The van der Waals surface area contributed by atoms with Gasteiger partial charge in [-0.15, -0.1) is 0 Å². The summed E-state index contributed by atoms with van der Waals surface area (Å²) in [5, 5.41) is 3.32. The third-order valence-corrected chi connectivity index (χ3v) is 15.8. The van der Waals surface area contributed by atoms with Gasteiger partial charge in [0, 0.05) is 65.7 Å². The summed E-state index contributed by atoms with van der Waals surface area (Å²) in [4.78, 5) is 70.1. The van der Waals surface area contributed by atoms with Crippen molar-refractivity contribution in [3.8, 4) is 11.5 Å². The van der Waals surface area contributed by atoms with Crippen molar-refractivity contribution in [2.24, 2.45) is 0 Å². The minimum absolute atomic E-state index is 0.0679. The van der Waals surface area contributed by atoms with Crippen LogP contribution in [0.1, 0.15) is 187 Å². The van der Waals surface area contributed by atoms with Gasteiger partial charge in [0.2, 0.25) is 0 Å². The van der Waals surface area contributed by atoms with Crippen LogP contribution in [0.3, 0.4) is 0 Å². The number of ketones is 1. The molecule has 3 aromatic rings. The number of carbonyl (C=O) groups is 5. The number of anilines is 1. The van der Waals surface area contributed by atoms with E-state index in [0.717, 1.165) is 121 Å². The van der Waals surface area contributed by atoms with Crippen LogP contribution >= 0.6 is 15.9 Å². The number of amides is 4. The number of alkyl carbamates (subject to hydrolysis) is 1. The highest BCUT2D eigenvalue weighted by Gasteiger charge is 2.53. The molecule has 2 spiro atoms. The van der Waals surface area contributed by atoms with Crippen molar-refractivity contribution in [3.63, 3.8) is 0 Å². The molecule has 0 bridgehead atoms.